The monoisotopic (exact) mass is 460 g/mol. The van der Waals surface area contributed by atoms with Crippen molar-refractivity contribution in [3.63, 3.8) is 0 Å². The molecule has 0 aromatic carbocycles. The lowest BCUT2D eigenvalue weighted by Gasteiger charge is -2.34. The number of carbonyl (C=O) groups excluding carboxylic acids is 2. The highest BCUT2D eigenvalue weighted by molar-refractivity contribution is 7.88. The van der Waals surface area contributed by atoms with Gasteiger partial charge in [-0.05, 0) is 25.7 Å². The number of hydrogen-bond donors (Lipinski definition) is 0. The molecule has 0 aliphatic heterocycles. The third kappa shape index (κ3) is 4.76. The predicted octanol–water partition coefficient (Wildman–Crippen LogP) is 2.20. The van der Waals surface area contributed by atoms with Gasteiger partial charge in [-0.3, -0.25) is 0 Å². The molecular formula is C12H16F4O10S2. The average molecular weight is 460 g/mol. The Morgan fingerprint density at radius 3 is 1.18 bits per heavy atom. The Morgan fingerprint density at radius 1 is 0.714 bits per heavy atom. The number of carbonyl (C=O) groups is 2. The Labute approximate surface area is 157 Å². The molecule has 1 aliphatic carbocycles. The van der Waals surface area contributed by atoms with Crippen LogP contribution in [0.25, 0.3) is 0 Å². The van der Waals surface area contributed by atoms with Crippen molar-refractivity contribution < 1.29 is 61.8 Å². The molecule has 28 heavy (non-hydrogen) atoms. The van der Waals surface area contributed by atoms with Crippen LogP contribution >= 0.6 is 0 Å². The van der Waals surface area contributed by atoms with E-state index in [0.717, 1.165) is 0 Å². The fourth-order valence-electron chi connectivity index (χ4n) is 2.53. The maximum atomic E-state index is 14.1. The maximum Gasteiger partial charge on any atom is 0.524 e. The van der Waals surface area contributed by atoms with Gasteiger partial charge < -0.3 is 17.8 Å². The predicted molar refractivity (Wildman–Crippen MR) is 80.2 cm³/mol. The van der Waals surface area contributed by atoms with Crippen molar-refractivity contribution in [1.29, 1.82) is 0 Å². The smallest absolute Gasteiger partial charge is 0.437 e. The van der Waals surface area contributed by atoms with Crippen LogP contribution < -0.4 is 0 Å². The number of rotatable bonds is 6. The summed E-state index contributed by atoms with van der Waals surface area (Å²) < 4.78 is 117. The van der Waals surface area contributed by atoms with Crippen LogP contribution in [-0.2, 0) is 38.1 Å². The molecule has 0 aromatic rings. The van der Waals surface area contributed by atoms with Crippen LogP contribution in [-0.4, -0.2) is 53.9 Å². The summed E-state index contributed by atoms with van der Waals surface area (Å²) in [6.45, 7) is 0. The van der Waals surface area contributed by atoms with Crippen LogP contribution in [0.1, 0.15) is 25.7 Å². The maximum absolute atomic E-state index is 14.1. The second kappa shape index (κ2) is 8.26. The third-order valence-corrected chi connectivity index (χ3v) is 6.74. The Kier molecular flexibility index (Phi) is 7.14. The van der Waals surface area contributed by atoms with Crippen molar-refractivity contribution in [2.75, 3.05) is 14.2 Å². The summed E-state index contributed by atoms with van der Waals surface area (Å²) >= 11 is 0. The Bertz CT molecular complexity index is 732. The number of ether oxygens (including phenoxy) is 2. The zero-order valence-electron chi connectivity index (χ0n) is 14.4. The minimum absolute atomic E-state index is 0.681. The van der Waals surface area contributed by atoms with Crippen LogP contribution in [0, 0.1) is 11.8 Å². The first-order valence-electron chi connectivity index (χ1n) is 7.42. The highest BCUT2D eigenvalue weighted by Gasteiger charge is 2.60. The van der Waals surface area contributed by atoms with E-state index in [9.17, 15) is 44.0 Å². The molecule has 0 unspecified atom stereocenters. The van der Waals surface area contributed by atoms with Gasteiger partial charge >= 0.3 is 43.1 Å². The van der Waals surface area contributed by atoms with E-state index in [2.05, 4.69) is 17.8 Å². The molecule has 16 heteroatoms. The quantitative estimate of drug-likeness (QED) is 0.329. The lowest BCUT2D eigenvalue weighted by molar-refractivity contribution is -0.0459. The fraction of sp³-hybridized carbons (Fsp3) is 0.833. The number of alkyl halides is 4. The molecule has 0 aromatic heterocycles. The first-order chi connectivity index (χ1) is 12.6. The first-order valence-corrected chi connectivity index (χ1v) is 10.2. The highest BCUT2D eigenvalue weighted by Crippen LogP contribution is 2.47. The fourth-order valence-corrected chi connectivity index (χ4v) is 4.54. The highest BCUT2D eigenvalue weighted by atomic mass is 32.2. The van der Waals surface area contributed by atoms with Gasteiger partial charge in [-0.25, -0.2) is 9.59 Å². The molecule has 0 bridgehead atoms. The van der Waals surface area contributed by atoms with Gasteiger partial charge in [0.1, 0.15) is 0 Å². The molecule has 0 N–H and O–H groups in total. The first kappa shape index (κ1) is 24.2. The van der Waals surface area contributed by atoms with E-state index in [1.165, 1.54) is 0 Å². The second-order valence-electron chi connectivity index (χ2n) is 5.66. The minimum atomic E-state index is -5.77. The summed E-state index contributed by atoms with van der Waals surface area (Å²) in [4.78, 5) is 21.6. The SMILES string of the molecule is COC(=O)OS(=O)(=O)C(F)(F)C1CCC(C(F)(F)S(=O)(=O)OC(=O)OC)CC1. The van der Waals surface area contributed by atoms with E-state index < -0.39 is 80.6 Å². The van der Waals surface area contributed by atoms with E-state index in [4.69, 9.17) is 0 Å². The van der Waals surface area contributed by atoms with Crippen LogP contribution in [0.2, 0.25) is 0 Å². The summed E-state index contributed by atoms with van der Waals surface area (Å²) in [6, 6.07) is 0. The second-order valence-corrected chi connectivity index (χ2v) is 8.89. The summed E-state index contributed by atoms with van der Waals surface area (Å²) in [5.41, 5.74) is 0. The van der Waals surface area contributed by atoms with E-state index in [1.54, 1.807) is 0 Å². The van der Waals surface area contributed by atoms with Crippen molar-refractivity contribution in [2.45, 2.75) is 36.2 Å². The van der Waals surface area contributed by atoms with Crippen molar-refractivity contribution in [2.24, 2.45) is 11.8 Å². The molecule has 1 fully saturated rings. The molecule has 10 nitrogen and oxygen atoms in total. The minimum Gasteiger partial charge on any atom is -0.437 e. The molecule has 0 radical (unpaired) electrons. The standard InChI is InChI=1S/C12H16F4O10S2/c1-23-9(17)25-27(19,20)11(13,14)7-3-5-8(6-4-7)12(15,16)28(21,22)26-10(18)24-2/h7-8H,3-6H2,1-2H3. The van der Waals surface area contributed by atoms with Crippen LogP contribution in [0.15, 0.2) is 0 Å². The van der Waals surface area contributed by atoms with Crippen molar-refractivity contribution in [1.82, 2.24) is 0 Å². The molecular weight excluding hydrogens is 444 g/mol. The molecule has 1 rings (SSSR count). The molecule has 1 saturated carbocycles. The lowest BCUT2D eigenvalue weighted by atomic mass is 9.82. The van der Waals surface area contributed by atoms with Gasteiger partial charge in [-0.15, -0.1) is 0 Å². The van der Waals surface area contributed by atoms with E-state index in [-0.39, 0.29) is 0 Å². The molecule has 1 aliphatic rings. The Balaban J connectivity index is 2.91. The molecule has 0 spiro atoms. The topological polar surface area (TPSA) is 139 Å². The van der Waals surface area contributed by atoms with Crippen molar-refractivity contribution in [3.8, 4) is 0 Å². The van der Waals surface area contributed by atoms with Crippen molar-refractivity contribution >= 4 is 32.5 Å². The molecule has 0 atom stereocenters. The van der Waals surface area contributed by atoms with E-state index >= 15 is 0 Å². The third-order valence-electron chi connectivity index (χ3n) is 4.03. The van der Waals surface area contributed by atoms with Gasteiger partial charge in [0.25, 0.3) is 0 Å². The molecule has 0 amide bonds. The summed E-state index contributed by atoms with van der Waals surface area (Å²) in [5, 5.41) is -9.24. The zero-order valence-corrected chi connectivity index (χ0v) is 16.0. The van der Waals surface area contributed by atoms with Gasteiger partial charge in [0.2, 0.25) is 0 Å². The van der Waals surface area contributed by atoms with Gasteiger partial charge in [0, 0.05) is 11.8 Å². The number of halogens is 4. The van der Waals surface area contributed by atoms with E-state index in [0.29, 0.717) is 14.2 Å². The van der Waals surface area contributed by atoms with Crippen LogP contribution in [0.5, 0.6) is 0 Å². The van der Waals surface area contributed by atoms with Gasteiger partial charge in [-0.1, -0.05) is 0 Å². The Hall–Kier alpha value is -1.84. The van der Waals surface area contributed by atoms with Crippen molar-refractivity contribution in [3.05, 3.63) is 0 Å². The van der Waals surface area contributed by atoms with Crippen LogP contribution in [0.3, 0.4) is 0 Å². The van der Waals surface area contributed by atoms with E-state index in [1.807, 2.05) is 0 Å². The molecule has 164 valence electrons. The zero-order chi connectivity index (χ0) is 22.0. The summed E-state index contributed by atoms with van der Waals surface area (Å²) in [5.74, 6) is -4.06. The van der Waals surface area contributed by atoms with Gasteiger partial charge in [-0.2, -0.15) is 34.4 Å². The summed E-state index contributed by atoms with van der Waals surface area (Å²) in [7, 11) is -10.2. The normalized spacial score (nSPS) is 21.5. The lowest BCUT2D eigenvalue weighted by Crippen LogP contribution is -2.45. The largest absolute Gasteiger partial charge is 0.524 e. The van der Waals surface area contributed by atoms with Crippen LogP contribution in [0.4, 0.5) is 27.2 Å². The molecule has 0 saturated heterocycles. The number of methoxy groups -OCH3 is 2. The summed E-state index contributed by atoms with van der Waals surface area (Å²) in [6.07, 6.45) is -7.19. The Morgan fingerprint density at radius 2 is 0.964 bits per heavy atom. The molecule has 0 heterocycles. The average Bonchev–Trinajstić information content (AvgIpc) is 2.60. The van der Waals surface area contributed by atoms with Gasteiger partial charge in [0.05, 0.1) is 14.2 Å². The van der Waals surface area contributed by atoms with Gasteiger partial charge in [0.15, 0.2) is 0 Å². The number of hydrogen-bond acceptors (Lipinski definition) is 10.